The first-order valence-electron chi connectivity index (χ1n) is 8.48. The number of thioether (sulfide) groups is 1. The predicted molar refractivity (Wildman–Crippen MR) is 109 cm³/mol. The van der Waals surface area contributed by atoms with E-state index >= 15 is 0 Å². The zero-order valence-corrected chi connectivity index (χ0v) is 18.4. The van der Waals surface area contributed by atoms with E-state index < -0.39 is 14.0 Å². The van der Waals surface area contributed by atoms with Crippen molar-refractivity contribution in [1.82, 2.24) is 14.9 Å². The summed E-state index contributed by atoms with van der Waals surface area (Å²) in [4.78, 5) is 52.2. The van der Waals surface area contributed by atoms with Gasteiger partial charge in [0.1, 0.15) is 11.6 Å². The summed E-state index contributed by atoms with van der Waals surface area (Å²) in [5.74, 6) is 0.807. The van der Waals surface area contributed by atoms with Gasteiger partial charge in [0, 0.05) is 34.2 Å². The number of rotatable bonds is 9. The second kappa shape index (κ2) is 10.8. The standard InChI is InChI=1S/C17H27N4O5PS/c1-11(21(10-22)9-13-8-19-12(2)20-15(13)18)14(6-7-26-27(24)25)28-16(23)17(3,4)5/h8,10,24-25H,6-7,9H2,1-5H3,(H2,18,19,20)/b14-11-. The molecule has 0 aliphatic heterocycles. The molecule has 1 heterocycles. The number of aryl methyl sites for hydroxylation is 1. The largest absolute Gasteiger partial charge is 0.383 e. The minimum Gasteiger partial charge on any atom is -0.383 e. The fourth-order valence-corrected chi connectivity index (χ4v) is 3.24. The van der Waals surface area contributed by atoms with Gasteiger partial charge < -0.3 is 24.9 Å². The second-order valence-electron chi connectivity index (χ2n) is 7.05. The smallest absolute Gasteiger partial charge is 0.327 e. The molecule has 0 unspecified atom stereocenters. The molecule has 0 saturated carbocycles. The van der Waals surface area contributed by atoms with E-state index in [1.165, 1.54) is 4.90 Å². The van der Waals surface area contributed by atoms with Gasteiger partial charge >= 0.3 is 8.60 Å². The van der Waals surface area contributed by atoms with Gasteiger partial charge in [0.05, 0.1) is 13.2 Å². The van der Waals surface area contributed by atoms with Gasteiger partial charge in [0.15, 0.2) is 5.12 Å². The highest BCUT2D eigenvalue weighted by Crippen LogP contribution is 2.34. The lowest BCUT2D eigenvalue weighted by atomic mass is 10.00. The topological polar surface area (TPSA) is 139 Å². The van der Waals surface area contributed by atoms with Crippen LogP contribution in [0.5, 0.6) is 0 Å². The zero-order chi connectivity index (χ0) is 21.5. The van der Waals surface area contributed by atoms with Crippen LogP contribution >= 0.6 is 20.4 Å². The number of aromatic nitrogens is 2. The fraction of sp³-hybridized carbons (Fsp3) is 0.529. The van der Waals surface area contributed by atoms with Crippen molar-refractivity contribution in [3.05, 3.63) is 28.2 Å². The third-order valence-electron chi connectivity index (χ3n) is 3.68. The molecule has 0 saturated heterocycles. The summed E-state index contributed by atoms with van der Waals surface area (Å²) in [6, 6.07) is 0. The van der Waals surface area contributed by atoms with Gasteiger partial charge in [-0.3, -0.25) is 9.59 Å². The monoisotopic (exact) mass is 430 g/mol. The quantitative estimate of drug-likeness (QED) is 0.398. The van der Waals surface area contributed by atoms with Crippen LogP contribution in [0.2, 0.25) is 0 Å². The number of hydrogen-bond donors (Lipinski definition) is 3. The molecule has 0 atom stereocenters. The number of nitrogens with two attached hydrogens (primary N) is 1. The van der Waals surface area contributed by atoms with E-state index in [1.54, 1.807) is 40.8 Å². The normalized spacial score (nSPS) is 12.7. The zero-order valence-electron chi connectivity index (χ0n) is 16.7. The van der Waals surface area contributed by atoms with Gasteiger partial charge in [-0.15, -0.1) is 0 Å². The summed E-state index contributed by atoms with van der Waals surface area (Å²) >= 11 is 1.01. The number of nitrogen functional groups attached to an aromatic ring is 1. The molecule has 0 bridgehead atoms. The number of nitrogens with zero attached hydrogens (tertiary/aromatic N) is 3. The van der Waals surface area contributed by atoms with E-state index in [-0.39, 0.29) is 30.5 Å². The molecule has 0 spiro atoms. The molecule has 0 aliphatic rings. The Morgan fingerprint density at radius 1 is 1.43 bits per heavy atom. The van der Waals surface area contributed by atoms with Crippen LogP contribution in [0.3, 0.4) is 0 Å². The Kier molecular flexibility index (Phi) is 9.46. The summed E-state index contributed by atoms with van der Waals surface area (Å²) in [5, 5.41) is -0.0823. The van der Waals surface area contributed by atoms with Crippen LogP contribution in [0.15, 0.2) is 16.8 Å². The average Bonchev–Trinajstić information content (AvgIpc) is 2.58. The van der Waals surface area contributed by atoms with E-state index in [0.29, 0.717) is 28.4 Å². The second-order valence-corrected chi connectivity index (χ2v) is 8.88. The highest BCUT2D eigenvalue weighted by molar-refractivity contribution is 8.17. The van der Waals surface area contributed by atoms with E-state index in [0.717, 1.165) is 11.8 Å². The molecule has 4 N–H and O–H groups in total. The van der Waals surface area contributed by atoms with Gasteiger partial charge in [-0.25, -0.2) is 9.97 Å². The molecule has 1 rings (SSSR count). The number of anilines is 1. The van der Waals surface area contributed by atoms with Crippen LogP contribution in [0.4, 0.5) is 5.82 Å². The Labute approximate surface area is 170 Å². The Bertz CT molecular complexity index is 737. The molecule has 1 aromatic heterocycles. The van der Waals surface area contributed by atoms with E-state index in [1.807, 2.05) is 0 Å². The molecule has 28 heavy (non-hydrogen) atoms. The van der Waals surface area contributed by atoms with Gasteiger partial charge in [0.25, 0.3) is 0 Å². The fourth-order valence-electron chi connectivity index (χ4n) is 2.00. The summed E-state index contributed by atoms with van der Waals surface area (Å²) in [7, 11) is -2.49. The van der Waals surface area contributed by atoms with Crippen molar-refractivity contribution in [2.45, 2.75) is 47.6 Å². The van der Waals surface area contributed by atoms with Gasteiger partial charge in [-0.1, -0.05) is 32.5 Å². The van der Waals surface area contributed by atoms with Crippen molar-refractivity contribution in [3.8, 4) is 0 Å². The van der Waals surface area contributed by atoms with Crippen LogP contribution in [0, 0.1) is 12.3 Å². The first-order chi connectivity index (χ1) is 13.0. The van der Waals surface area contributed by atoms with Crippen molar-refractivity contribution in [3.63, 3.8) is 0 Å². The maximum absolute atomic E-state index is 12.5. The molecule has 11 heteroatoms. The molecule has 1 aromatic rings. The van der Waals surface area contributed by atoms with Crippen molar-refractivity contribution >= 4 is 37.7 Å². The SMILES string of the molecule is C/C(=C(\CCOP(O)O)SC(=O)C(C)(C)C)N(C=O)Cc1cnc(C)nc1N. The molecular weight excluding hydrogens is 403 g/mol. The number of amides is 1. The van der Waals surface area contributed by atoms with Crippen LogP contribution < -0.4 is 5.73 Å². The first-order valence-corrected chi connectivity index (χ1v) is 10.5. The average molecular weight is 430 g/mol. The van der Waals surface area contributed by atoms with E-state index in [9.17, 15) is 9.59 Å². The van der Waals surface area contributed by atoms with Crippen molar-refractivity contribution < 1.29 is 23.9 Å². The minimum atomic E-state index is -2.49. The van der Waals surface area contributed by atoms with Crippen LogP contribution in [-0.2, 0) is 20.7 Å². The Balaban J connectivity index is 3.13. The van der Waals surface area contributed by atoms with Crippen LogP contribution in [0.25, 0.3) is 0 Å². The number of carbonyl (C=O) groups is 2. The van der Waals surface area contributed by atoms with E-state index in [2.05, 4.69) is 9.97 Å². The molecular formula is C17H27N4O5PS. The lowest BCUT2D eigenvalue weighted by Crippen LogP contribution is -2.23. The van der Waals surface area contributed by atoms with Crippen LogP contribution in [0.1, 0.15) is 45.5 Å². The summed E-state index contributed by atoms with van der Waals surface area (Å²) < 4.78 is 4.82. The van der Waals surface area contributed by atoms with Crippen molar-refractivity contribution in [2.75, 3.05) is 12.3 Å². The molecule has 9 nitrogen and oxygen atoms in total. The third kappa shape index (κ3) is 7.81. The van der Waals surface area contributed by atoms with Crippen LogP contribution in [-0.4, -0.2) is 42.8 Å². The highest BCUT2D eigenvalue weighted by Gasteiger charge is 2.25. The first kappa shape index (κ1) is 24.5. The Morgan fingerprint density at radius 3 is 2.57 bits per heavy atom. The summed E-state index contributed by atoms with van der Waals surface area (Å²) in [5.41, 5.74) is 6.45. The molecule has 0 fully saturated rings. The molecule has 0 aromatic carbocycles. The maximum atomic E-state index is 12.5. The minimum absolute atomic E-state index is 0.00171. The Morgan fingerprint density at radius 2 is 2.07 bits per heavy atom. The lowest BCUT2D eigenvalue weighted by Gasteiger charge is -2.24. The predicted octanol–water partition coefficient (Wildman–Crippen LogP) is 2.48. The third-order valence-corrected chi connectivity index (χ3v) is 5.64. The van der Waals surface area contributed by atoms with Gasteiger partial charge in [-0.05, 0) is 13.8 Å². The summed E-state index contributed by atoms with van der Waals surface area (Å²) in [6.45, 7) is 8.96. The molecule has 1 amide bonds. The van der Waals surface area contributed by atoms with E-state index in [4.69, 9.17) is 20.0 Å². The van der Waals surface area contributed by atoms with Gasteiger partial charge in [0.2, 0.25) is 6.41 Å². The Hall–Kier alpha value is -1.58. The van der Waals surface area contributed by atoms with Gasteiger partial charge in [-0.2, -0.15) is 0 Å². The maximum Gasteiger partial charge on any atom is 0.327 e. The molecule has 156 valence electrons. The van der Waals surface area contributed by atoms with Crippen molar-refractivity contribution in [2.24, 2.45) is 5.41 Å². The molecule has 0 aliphatic carbocycles. The molecule has 0 radical (unpaired) electrons. The number of hydrogen-bond acceptors (Lipinski definition) is 9. The highest BCUT2D eigenvalue weighted by atomic mass is 32.2. The summed E-state index contributed by atoms with van der Waals surface area (Å²) in [6.07, 6.45) is 2.44. The lowest BCUT2D eigenvalue weighted by molar-refractivity contribution is -0.118. The number of carbonyl (C=O) groups excluding carboxylic acids is 2. The van der Waals surface area contributed by atoms with Crippen molar-refractivity contribution in [1.29, 1.82) is 0 Å². The number of allylic oxidation sites excluding steroid dienone is 1.